The van der Waals surface area contributed by atoms with Gasteiger partial charge >= 0.3 is 0 Å². The van der Waals surface area contributed by atoms with E-state index < -0.39 is 0 Å². The number of ether oxygens (including phenoxy) is 1. The third-order valence-electron chi connectivity index (χ3n) is 1.20. The summed E-state index contributed by atoms with van der Waals surface area (Å²) in [5.74, 6) is 0.675. The maximum Gasteiger partial charge on any atom is 0.247 e. The minimum Gasteiger partial charge on any atom is -0.476 e. The van der Waals surface area contributed by atoms with E-state index in [4.69, 9.17) is 4.74 Å². The van der Waals surface area contributed by atoms with Crippen molar-refractivity contribution in [1.29, 1.82) is 0 Å². The Labute approximate surface area is 74.5 Å². The molecule has 62 valence electrons. The van der Waals surface area contributed by atoms with Gasteiger partial charge in [0.1, 0.15) is 0 Å². The maximum absolute atomic E-state index is 5.33. The number of nitrogens with zero attached hydrogens (tertiary/aromatic N) is 2. The largest absolute Gasteiger partial charge is 0.476 e. The van der Waals surface area contributed by atoms with Crippen LogP contribution in [0, 0.1) is 0 Å². The van der Waals surface area contributed by atoms with E-state index in [1.165, 1.54) is 0 Å². The molecule has 0 N–H and O–H groups in total. The van der Waals surface area contributed by atoms with E-state index in [0.717, 1.165) is 17.5 Å². The Balaban J connectivity index is 2.62. The Morgan fingerprint density at radius 3 is 2.91 bits per heavy atom. The minimum absolute atomic E-state index is 0.675. The molecule has 0 aliphatic rings. The van der Waals surface area contributed by atoms with Gasteiger partial charge in [-0.1, -0.05) is 6.92 Å². The Morgan fingerprint density at radius 1 is 1.73 bits per heavy atom. The van der Waals surface area contributed by atoms with Gasteiger partial charge in [0.2, 0.25) is 5.88 Å². The van der Waals surface area contributed by atoms with Crippen LogP contribution in [-0.2, 0) is 7.05 Å². The zero-order valence-corrected chi connectivity index (χ0v) is 8.26. The van der Waals surface area contributed by atoms with Gasteiger partial charge in [-0.15, -0.1) is 5.10 Å². The van der Waals surface area contributed by atoms with Gasteiger partial charge in [0.25, 0.3) is 0 Å². The van der Waals surface area contributed by atoms with Crippen LogP contribution in [0.4, 0.5) is 0 Å². The molecule has 0 aliphatic heterocycles. The van der Waals surface area contributed by atoms with E-state index in [-0.39, 0.29) is 0 Å². The van der Waals surface area contributed by atoms with Gasteiger partial charge in [0, 0.05) is 13.2 Å². The van der Waals surface area contributed by atoms with Crippen molar-refractivity contribution in [2.75, 3.05) is 6.61 Å². The molecule has 0 radical (unpaired) electrons. The van der Waals surface area contributed by atoms with Crippen LogP contribution >= 0.6 is 15.9 Å². The van der Waals surface area contributed by atoms with Crippen LogP contribution in [0.3, 0.4) is 0 Å². The van der Waals surface area contributed by atoms with Crippen LogP contribution in [0.25, 0.3) is 0 Å². The van der Waals surface area contributed by atoms with Crippen molar-refractivity contribution < 1.29 is 4.74 Å². The fourth-order valence-electron chi connectivity index (χ4n) is 0.736. The summed E-state index contributed by atoms with van der Waals surface area (Å²) in [6.45, 7) is 2.78. The van der Waals surface area contributed by atoms with Crippen molar-refractivity contribution >= 4 is 15.9 Å². The molecule has 3 nitrogen and oxygen atoms in total. The molecule has 1 aromatic rings. The van der Waals surface area contributed by atoms with Crippen LogP contribution in [0.1, 0.15) is 13.3 Å². The predicted octanol–water partition coefficient (Wildman–Crippen LogP) is 1.97. The summed E-state index contributed by atoms with van der Waals surface area (Å²) in [7, 11) is 1.86. The molecule has 11 heavy (non-hydrogen) atoms. The molecule has 0 saturated heterocycles. The number of rotatable bonds is 3. The van der Waals surface area contributed by atoms with Crippen molar-refractivity contribution in [3.63, 3.8) is 0 Å². The molecule has 0 bridgehead atoms. The highest BCUT2D eigenvalue weighted by molar-refractivity contribution is 9.10. The van der Waals surface area contributed by atoms with Gasteiger partial charge < -0.3 is 4.74 Å². The molecule has 4 heteroatoms. The molecule has 0 fully saturated rings. The molecule has 0 amide bonds. The van der Waals surface area contributed by atoms with Gasteiger partial charge in [-0.2, -0.15) is 0 Å². The van der Waals surface area contributed by atoms with Gasteiger partial charge in [-0.3, -0.25) is 4.68 Å². The first-order valence-corrected chi connectivity index (χ1v) is 4.35. The van der Waals surface area contributed by atoms with Crippen LogP contribution in [0.2, 0.25) is 0 Å². The fraction of sp³-hybridized carbons (Fsp3) is 0.571. The lowest BCUT2D eigenvalue weighted by atomic mass is 10.5. The zero-order valence-electron chi connectivity index (χ0n) is 6.67. The minimum atomic E-state index is 0.675. The summed E-state index contributed by atoms with van der Waals surface area (Å²) in [5.41, 5.74) is 0. The van der Waals surface area contributed by atoms with Crippen LogP contribution in [0.5, 0.6) is 5.88 Å². The summed E-state index contributed by atoms with van der Waals surface area (Å²) >= 11 is 3.34. The van der Waals surface area contributed by atoms with Crippen molar-refractivity contribution in [2.45, 2.75) is 13.3 Å². The number of hydrogen-bond donors (Lipinski definition) is 0. The third-order valence-corrected chi connectivity index (χ3v) is 1.74. The average Bonchev–Trinajstić information content (AvgIpc) is 2.26. The Morgan fingerprint density at radius 2 is 2.45 bits per heavy atom. The second-order valence-electron chi connectivity index (χ2n) is 2.30. The first-order chi connectivity index (χ1) is 5.24. The van der Waals surface area contributed by atoms with E-state index in [1.807, 2.05) is 13.2 Å². The molecule has 0 saturated carbocycles. The number of hydrogen-bond acceptors (Lipinski definition) is 2. The smallest absolute Gasteiger partial charge is 0.247 e. The van der Waals surface area contributed by atoms with Crippen molar-refractivity contribution in [1.82, 2.24) is 9.78 Å². The van der Waals surface area contributed by atoms with Gasteiger partial charge in [0.05, 0.1) is 11.1 Å². The molecular formula is C7H11BrN2O. The number of aryl methyl sites for hydroxylation is 1. The Bertz CT molecular complexity index is 234. The standard InChI is InChI=1S/C7H11BrN2O/c1-3-4-11-7-6(8)5-10(2)9-7/h5H,3-4H2,1-2H3. The molecule has 0 spiro atoms. The van der Waals surface area contributed by atoms with E-state index in [2.05, 4.69) is 28.0 Å². The molecule has 1 aromatic heterocycles. The lowest BCUT2D eigenvalue weighted by molar-refractivity contribution is 0.300. The predicted molar refractivity (Wildman–Crippen MR) is 46.7 cm³/mol. The highest BCUT2D eigenvalue weighted by Crippen LogP contribution is 2.21. The second-order valence-corrected chi connectivity index (χ2v) is 3.16. The highest BCUT2D eigenvalue weighted by atomic mass is 79.9. The lowest BCUT2D eigenvalue weighted by Gasteiger charge is -1.98. The van der Waals surface area contributed by atoms with E-state index >= 15 is 0 Å². The third kappa shape index (κ3) is 2.22. The summed E-state index contributed by atoms with van der Waals surface area (Å²) in [5, 5.41) is 4.10. The molecule has 0 unspecified atom stereocenters. The maximum atomic E-state index is 5.33. The molecule has 0 atom stereocenters. The Kier molecular flexibility index (Phi) is 2.93. The topological polar surface area (TPSA) is 27.1 Å². The van der Waals surface area contributed by atoms with E-state index in [9.17, 15) is 0 Å². The van der Waals surface area contributed by atoms with Gasteiger partial charge in [0.15, 0.2) is 0 Å². The molecule has 0 aliphatic carbocycles. The Hall–Kier alpha value is -0.510. The van der Waals surface area contributed by atoms with Crippen LogP contribution in [0.15, 0.2) is 10.7 Å². The van der Waals surface area contributed by atoms with E-state index in [1.54, 1.807) is 4.68 Å². The average molecular weight is 219 g/mol. The summed E-state index contributed by atoms with van der Waals surface area (Å²) < 4.78 is 7.96. The van der Waals surface area contributed by atoms with Gasteiger partial charge in [-0.25, -0.2) is 0 Å². The molecule has 1 heterocycles. The van der Waals surface area contributed by atoms with E-state index in [0.29, 0.717) is 5.88 Å². The second kappa shape index (κ2) is 3.76. The normalized spacial score (nSPS) is 10.1. The van der Waals surface area contributed by atoms with Crippen LogP contribution < -0.4 is 4.74 Å². The molecular weight excluding hydrogens is 208 g/mol. The zero-order chi connectivity index (χ0) is 8.27. The molecule has 1 rings (SSSR count). The fourth-order valence-corrected chi connectivity index (χ4v) is 1.23. The molecule has 0 aromatic carbocycles. The quantitative estimate of drug-likeness (QED) is 0.777. The summed E-state index contributed by atoms with van der Waals surface area (Å²) in [4.78, 5) is 0. The lowest BCUT2D eigenvalue weighted by Crippen LogP contribution is -1.96. The van der Waals surface area contributed by atoms with Crippen molar-refractivity contribution in [3.05, 3.63) is 10.7 Å². The van der Waals surface area contributed by atoms with Gasteiger partial charge in [-0.05, 0) is 22.4 Å². The van der Waals surface area contributed by atoms with Crippen molar-refractivity contribution in [2.24, 2.45) is 7.05 Å². The first-order valence-electron chi connectivity index (χ1n) is 3.56. The first kappa shape index (κ1) is 8.59. The number of halogens is 1. The SMILES string of the molecule is CCCOc1nn(C)cc1Br. The van der Waals surface area contributed by atoms with Crippen molar-refractivity contribution in [3.8, 4) is 5.88 Å². The number of aromatic nitrogens is 2. The monoisotopic (exact) mass is 218 g/mol. The van der Waals surface area contributed by atoms with Crippen LogP contribution in [-0.4, -0.2) is 16.4 Å². The summed E-state index contributed by atoms with van der Waals surface area (Å²) in [6.07, 6.45) is 2.87. The highest BCUT2D eigenvalue weighted by Gasteiger charge is 2.03. The summed E-state index contributed by atoms with van der Waals surface area (Å²) in [6, 6.07) is 0.